The van der Waals surface area contributed by atoms with Crippen LogP contribution in [0.4, 0.5) is 0 Å². The first-order valence-corrected chi connectivity index (χ1v) is 5.05. The van der Waals surface area contributed by atoms with Crippen LogP contribution in [0.15, 0.2) is 12.2 Å². The van der Waals surface area contributed by atoms with E-state index in [2.05, 4.69) is 5.32 Å². The molecule has 0 spiro atoms. The molecule has 0 aromatic heterocycles. The van der Waals surface area contributed by atoms with E-state index in [1.807, 2.05) is 26.0 Å². The number of amides is 1. The number of carbonyl (C=O) groups is 1. The second kappa shape index (κ2) is 6.60. The third-order valence-electron chi connectivity index (χ3n) is 2.44. The van der Waals surface area contributed by atoms with E-state index >= 15 is 0 Å². The van der Waals surface area contributed by atoms with Crippen molar-refractivity contribution in [3.63, 3.8) is 0 Å². The number of methoxy groups -OCH3 is 1. The molecule has 1 unspecified atom stereocenters. The molecular weight excluding hydrogens is 178 g/mol. The maximum absolute atomic E-state index is 11.6. The summed E-state index contributed by atoms with van der Waals surface area (Å²) >= 11 is 0. The molecule has 0 aromatic carbocycles. The van der Waals surface area contributed by atoms with Crippen molar-refractivity contribution in [2.45, 2.75) is 39.2 Å². The minimum Gasteiger partial charge on any atom is -0.369 e. The maximum Gasteiger partial charge on any atom is 0.251 e. The monoisotopic (exact) mass is 199 g/mol. The standard InChI is InChI=1S/C11H21NO2/c1-5-7-8-9-12-10(13)11(3,6-2)14-4/h5,7H,6,8-9H2,1-4H3,(H,12,13)/b7-5+. The Kier molecular flexibility index (Phi) is 6.21. The van der Waals surface area contributed by atoms with Crippen molar-refractivity contribution >= 4 is 5.91 Å². The zero-order valence-corrected chi connectivity index (χ0v) is 9.59. The predicted molar refractivity (Wildman–Crippen MR) is 58.1 cm³/mol. The maximum atomic E-state index is 11.6. The molecule has 0 aliphatic heterocycles. The van der Waals surface area contributed by atoms with Crippen LogP contribution in [0.1, 0.15) is 33.6 Å². The van der Waals surface area contributed by atoms with Crippen LogP contribution in [0.5, 0.6) is 0 Å². The van der Waals surface area contributed by atoms with E-state index in [1.54, 1.807) is 14.0 Å². The number of hydrogen-bond acceptors (Lipinski definition) is 2. The van der Waals surface area contributed by atoms with Gasteiger partial charge in [-0.15, -0.1) is 0 Å². The molecule has 0 aliphatic rings. The third-order valence-corrected chi connectivity index (χ3v) is 2.44. The lowest BCUT2D eigenvalue weighted by Crippen LogP contribution is -2.45. The van der Waals surface area contributed by atoms with Gasteiger partial charge in [-0.25, -0.2) is 0 Å². The van der Waals surface area contributed by atoms with Crippen LogP contribution >= 0.6 is 0 Å². The van der Waals surface area contributed by atoms with Gasteiger partial charge in [0, 0.05) is 13.7 Å². The summed E-state index contributed by atoms with van der Waals surface area (Å²) in [5, 5.41) is 2.84. The lowest BCUT2D eigenvalue weighted by atomic mass is 10.0. The Bertz CT molecular complexity index is 195. The Labute approximate surface area is 86.5 Å². The smallest absolute Gasteiger partial charge is 0.251 e. The Morgan fingerprint density at radius 2 is 2.21 bits per heavy atom. The van der Waals surface area contributed by atoms with Gasteiger partial charge in [0.15, 0.2) is 0 Å². The van der Waals surface area contributed by atoms with Crippen molar-refractivity contribution in [2.24, 2.45) is 0 Å². The van der Waals surface area contributed by atoms with Crippen molar-refractivity contribution in [3.05, 3.63) is 12.2 Å². The van der Waals surface area contributed by atoms with Gasteiger partial charge in [-0.3, -0.25) is 4.79 Å². The molecule has 1 atom stereocenters. The summed E-state index contributed by atoms with van der Waals surface area (Å²) in [7, 11) is 1.56. The summed E-state index contributed by atoms with van der Waals surface area (Å²) in [6, 6.07) is 0. The minimum absolute atomic E-state index is 0.0352. The Hall–Kier alpha value is -0.830. The summed E-state index contributed by atoms with van der Waals surface area (Å²) in [5.41, 5.74) is -0.685. The molecule has 82 valence electrons. The van der Waals surface area contributed by atoms with Gasteiger partial charge in [-0.05, 0) is 26.7 Å². The highest BCUT2D eigenvalue weighted by Crippen LogP contribution is 2.13. The van der Waals surface area contributed by atoms with Gasteiger partial charge in [0.2, 0.25) is 0 Å². The highest BCUT2D eigenvalue weighted by molar-refractivity contribution is 5.84. The zero-order chi connectivity index (χ0) is 11.0. The van der Waals surface area contributed by atoms with E-state index in [-0.39, 0.29) is 5.91 Å². The van der Waals surface area contributed by atoms with Crippen molar-refractivity contribution in [1.29, 1.82) is 0 Å². The van der Waals surface area contributed by atoms with Crippen LogP contribution in [0, 0.1) is 0 Å². The fourth-order valence-electron chi connectivity index (χ4n) is 1.02. The van der Waals surface area contributed by atoms with E-state index in [0.717, 1.165) is 6.42 Å². The predicted octanol–water partition coefficient (Wildman–Crippen LogP) is 1.88. The molecule has 14 heavy (non-hydrogen) atoms. The van der Waals surface area contributed by atoms with E-state index in [9.17, 15) is 4.79 Å². The molecule has 0 aliphatic carbocycles. The number of allylic oxidation sites excluding steroid dienone is 1. The van der Waals surface area contributed by atoms with Gasteiger partial charge in [-0.2, -0.15) is 0 Å². The van der Waals surface area contributed by atoms with Crippen molar-refractivity contribution in [3.8, 4) is 0 Å². The second-order valence-electron chi connectivity index (χ2n) is 3.40. The topological polar surface area (TPSA) is 38.3 Å². The van der Waals surface area contributed by atoms with Crippen LogP contribution in [0.3, 0.4) is 0 Å². The van der Waals surface area contributed by atoms with E-state index in [1.165, 1.54) is 0 Å². The quantitative estimate of drug-likeness (QED) is 0.524. The van der Waals surface area contributed by atoms with Crippen LogP contribution in [0.25, 0.3) is 0 Å². The number of hydrogen-bond donors (Lipinski definition) is 1. The molecule has 1 N–H and O–H groups in total. The second-order valence-corrected chi connectivity index (χ2v) is 3.40. The molecule has 0 saturated heterocycles. The average Bonchev–Trinajstić information content (AvgIpc) is 2.22. The molecule has 0 radical (unpaired) electrons. The summed E-state index contributed by atoms with van der Waals surface area (Å²) in [6.45, 7) is 6.38. The lowest BCUT2D eigenvalue weighted by Gasteiger charge is -2.24. The van der Waals surface area contributed by atoms with Gasteiger partial charge < -0.3 is 10.1 Å². The van der Waals surface area contributed by atoms with Crippen LogP contribution in [-0.2, 0) is 9.53 Å². The first-order chi connectivity index (χ1) is 6.60. The first kappa shape index (κ1) is 13.2. The van der Waals surface area contributed by atoms with E-state index in [0.29, 0.717) is 13.0 Å². The molecule has 0 aromatic rings. The van der Waals surface area contributed by atoms with Gasteiger partial charge >= 0.3 is 0 Å². The van der Waals surface area contributed by atoms with Crippen molar-refractivity contribution in [1.82, 2.24) is 5.32 Å². The number of carbonyl (C=O) groups excluding carboxylic acids is 1. The average molecular weight is 199 g/mol. The zero-order valence-electron chi connectivity index (χ0n) is 9.59. The summed E-state index contributed by atoms with van der Waals surface area (Å²) in [5.74, 6) is -0.0352. The van der Waals surface area contributed by atoms with E-state index < -0.39 is 5.60 Å². The highest BCUT2D eigenvalue weighted by Gasteiger charge is 2.30. The van der Waals surface area contributed by atoms with Gasteiger partial charge in [0.05, 0.1) is 0 Å². The van der Waals surface area contributed by atoms with Crippen LogP contribution in [-0.4, -0.2) is 25.2 Å². The minimum atomic E-state index is -0.685. The molecule has 0 fully saturated rings. The summed E-state index contributed by atoms with van der Waals surface area (Å²) in [6.07, 6.45) is 5.54. The first-order valence-electron chi connectivity index (χ1n) is 5.05. The summed E-state index contributed by atoms with van der Waals surface area (Å²) in [4.78, 5) is 11.6. The molecular formula is C11H21NO2. The Balaban J connectivity index is 3.94. The van der Waals surface area contributed by atoms with Crippen molar-refractivity contribution in [2.75, 3.05) is 13.7 Å². The fourth-order valence-corrected chi connectivity index (χ4v) is 1.02. The number of nitrogens with one attached hydrogen (secondary N) is 1. The highest BCUT2D eigenvalue weighted by atomic mass is 16.5. The largest absolute Gasteiger partial charge is 0.369 e. The van der Waals surface area contributed by atoms with E-state index in [4.69, 9.17) is 4.74 Å². The lowest BCUT2D eigenvalue weighted by molar-refractivity contribution is -0.141. The Morgan fingerprint density at radius 1 is 1.57 bits per heavy atom. The molecule has 0 saturated carbocycles. The number of rotatable bonds is 6. The van der Waals surface area contributed by atoms with Gasteiger partial charge in [-0.1, -0.05) is 19.1 Å². The van der Waals surface area contributed by atoms with Crippen LogP contribution in [0.2, 0.25) is 0 Å². The van der Waals surface area contributed by atoms with Gasteiger partial charge in [0.1, 0.15) is 5.60 Å². The van der Waals surface area contributed by atoms with Gasteiger partial charge in [0.25, 0.3) is 5.91 Å². The Morgan fingerprint density at radius 3 is 2.64 bits per heavy atom. The fraction of sp³-hybridized carbons (Fsp3) is 0.727. The molecule has 1 amide bonds. The molecule has 0 bridgehead atoms. The molecule has 3 nitrogen and oxygen atoms in total. The SMILES string of the molecule is C/C=C/CCNC(=O)C(C)(CC)OC. The number of ether oxygens (including phenoxy) is 1. The molecule has 3 heteroatoms. The van der Waals surface area contributed by atoms with Crippen molar-refractivity contribution < 1.29 is 9.53 Å². The molecule has 0 rings (SSSR count). The van der Waals surface area contributed by atoms with Crippen LogP contribution < -0.4 is 5.32 Å². The summed E-state index contributed by atoms with van der Waals surface area (Å²) < 4.78 is 5.18. The third kappa shape index (κ3) is 3.92. The molecule has 0 heterocycles. The normalized spacial score (nSPS) is 15.4.